The highest BCUT2D eigenvalue weighted by Crippen LogP contribution is 2.17. The van der Waals surface area contributed by atoms with E-state index in [0.717, 1.165) is 4.88 Å². The second-order valence-electron chi connectivity index (χ2n) is 4.42. The van der Waals surface area contributed by atoms with Gasteiger partial charge in [0.2, 0.25) is 0 Å². The Labute approximate surface area is 131 Å². The fraction of sp³-hybridized carbons (Fsp3) is 0.200. The van der Waals surface area contributed by atoms with Gasteiger partial charge in [0.05, 0.1) is 7.11 Å². The van der Waals surface area contributed by atoms with Crippen LogP contribution in [0.5, 0.6) is 5.75 Å². The summed E-state index contributed by atoms with van der Waals surface area (Å²) in [7, 11) is 1.54. The molecule has 0 aliphatic carbocycles. The lowest BCUT2D eigenvalue weighted by Crippen LogP contribution is -2.37. The standard InChI is InChI=1S/C15H16N2O4S/c1-21-11-6-4-10(5-7-11)17-15(20)14(19)16-9-12(18)13-3-2-8-22-13/h2-8,12,18H,9H2,1H3,(H,16,19)(H,17,20). The topological polar surface area (TPSA) is 87.7 Å². The second kappa shape index (κ2) is 7.58. The van der Waals surface area contributed by atoms with Gasteiger partial charge in [0.25, 0.3) is 0 Å². The molecule has 1 aromatic heterocycles. The van der Waals surface area contributed by atoms with Crippen LogP contribution in [-0.2, 0) is 9.59 Å². The van der Waals surface area contributed by atoms with Gasteiger partial charge in [-0.1, -0.05) is 6.07 Å². The molecule has 0 saturated heterocycles. The number of aliphatic hydroxyl groups is 1. The Hall–Kier alpha value is -2.38. The van der Waals surface area contributed by atoms with Crippen molar-refractivity contribution in [3.8, 4) is 5.75 Å². The molecule has 0 fully saturated rings. The van der Waals surface area contributed by atoms with Gasteiger partial charge in [-0.15, -0.1) is 11.3 Å². The van der Waals surface area contributed by atoms with Gasteiger partial charge in [0, 0.05) is 17.1 Å². The number of aliphatic hydroxyl groups excluding tert-OH is 1. The van der Waals surface area contributed by atoms with E-state index in [9.17, 15) is 14.7 Å². The molecule has 0 aliphatic heterocycles. The normalized spacial score (nSPS) is 11.5. The Morgan fingerprint density at radius 3 is 2.55 bits per heavy atom. The summed E-state index contributed by atoms with van der Waals surface area (Å²) in [5.41, 5.74) is 0.486. The average Bonchev–Trinajstić information content (AvgIpc) is 3.07. The van der Waals surface area contributed by atoms with Crippen LogP contribution >= 0.6 is 11.3 Å². The van der Waals surface area contributed by atoms with Crippen LogP contribution in [0.3, 0.4) is 0 Å². The lowest BCUT2D eigenvalue weighted by atomic mass is 10.3. The molecule has 116 valence electrons. The number of anilines is 1. The van der Waals surface area contributed by atoms with Crippen molar-refractivity contribution in [2.45, 2.75) is 6.10 Å². The minimum absolute atomic E-state index is 0.0185. The van der Waals surface area contributed by atoms with Gasteiger partial charge in [0.1, 0.15) is 11.9 Å². The van der Waals surface area contributed by atoms with Gasteiger partial charge >= 0.3 is 11.8 Å². The Morgan fingerprint density at radius 2 is 1.95 bits per heavy atom. The van der Waals surface area contributed by atoms with Crippen LogP contribution in [0, 0.1) is 0 Å². The van der Waals surface area contributed by atoms with E-state index in [2.05, 4.69) is 10.6 Å². The molecule has 22 heavy (non-hydrogen) atoms. The number of ether oxygens (including phenoxy) is 1. The molecule has 1 unspecified atom stereocenters. The molecule has 7 heteroatoms. The smallest absolute Gasteiger partial charge is 0.313 e. The first kappa shape index (κ1) is 16.0. The molecule has 0 bridgehead atoms. The van der Waals surface area contributed by atoms with Crippen LogP contribution in [0.15, 0.2) is 41.8 Å². The number of methoxy groups -OCH3 is 1. The highest BCUT2D eigenvalue weighted by atomic mass is 32.1. The van der Waals surface area contributed by atoms with Crippen molar-refractivity contribution >= 4 is 28.8 Å². The molecule has 6 nitrogen and oxygen atoms in total. The molecule has 0 spiro atoms. The predicted molar refractivity (Wildman–Crippen MR) is 83.9 cm³/mol. The zero-order valence-electron chi connectivity index (χ0n) is 11.9. The number of benzene rings is 1. The first-order valence-corrected chi connectivity index (χ1v) is 7.43. The Bertz CT molecular complexity index is 626. The van der Waals surface area contributed by atoms with Crippen molar-refractivity contribution in [3.63, 3.8) is 0 Å². The number of hydrogen-bond acceptors (Lipinski definition) is 5. The van der Waals surface area contributed by atoms with Gasteiger partial charge in [-0.25, -0.2) is 0 Å². The summed E-state index contributed by atoms with van der Waals surface area (Å²) in [5.74, 6) is -0.934. The Morgan fingerprint density at radius 1 is 1.23 bits per heavy atom. The number of nitrogens with one attached hydrogen (secondary N) is 2. The molecule has 1 atom stereocenters. The molecule has 2 aromatic rings. The fourth-order valence-corrected chi connectivity index (χ4v) is 2.43. The quantitative estimate of drug-likeness (QED) is 0.729. The third-order valence-electron chi connectivity index (χ3n) is 2.88. The number of hydrogen-bond donors (Lipinski definition) is 3. The van der Waals surface area contributed by atoms with Crippen LogP contribution in [0.1, 0.15) is 11.0 Å². The third-order valence-corrected chi connectivity index (χ3v) is 3.86. The molecule has 1 heterocycles. The van der Waals surface area contributed by atoms with E-state index in [1.807, 2.05) is 5.38 Å². The number of rotatable bonds is 5. The molecule has 1 aromatic carbocycles. The average molecular weight is 320 g/mol. The number of carbonyl (C=O) groups is 2. The Kier molecular flexibility index (Phi) is 5.51. The van der Waals surface area contributed by atoms with E-state index in [0.29, 0.717) is 11.4 Å². The summed E-state index contributed by atoms with van der Waals surface area (Å²) in [6.07, 6.45) is -0.822. The van der Waals surface area contributed by atoms with Gasteiger partial charge in [0.15, 0.2) is 0 Å². The molecule has 0 radical (unpaired) electrons. The maximum atomic E-state index is 11.7. The summed E-state index contributed by atoms with van der Waals surface area (Å²) < 4.78 is 5.00. The molecule has 2 amide bonds. The molecule has 0 saturated carbocycles. The minimum Gasteiger partial charge on any atom is -0.497 e. The summed E-state index contributed by atoms with van der Waals surface area (Å²) in [6, 6.07) is 10.2. The van der Waals surface area contributed by atoms with Crippen molar-refractivity contribution in [2.75, 3.05) is 19.0 Å². The summed E-state index contributed by atoms with van der Waals surface area (Å²) in [4.78, 5) is 24.2. The number of carbonyl (C=O) groups excluding carboxylic acids is 2. The summed E-state index contributed by atoms with van der Waals surface area (Å²) in [6.45, 7) is -0.0185. The molecule has 0 aliphatic rings. The minimum atomic E-state index is -0.822. The van der Waals surface area contributed by atoms with Gasteiger partial charge in [-0.3, -0.25) is 9.59 Å². The number of amides is 2. The van der Waals surface area contributed by atoms with E-state index in [1.165, 1.54) is 11.3 Å². The summed E-state index contributed by atoms with van der Waals surface area (Å²) in [5, 5.41) is 16.5. The first-order chi connectivity index (χ1) is 10.6. The van der Waals surface area contributed by atoms with Crippen molar-refractivity contribution in [2.24, 2.45) is 0 Å². The second-order valence-corrected chi connectivity index (χ2v) is 5.40. The van der Waals surface area contributed by atoms with E-state index in [1.54, 1.807) is 43.5 Å². The Balaban J connectivity index is 1.82. The van der Waals surface area contributed by atoms with Crippen molar-refractivity contribution in [3.05, 3.63) is 46.7 Å². The monoisotopic (exact) mass is 320 g/mol. The molecule has 2 rings (SSSR count). The zero-order chi connectivity index (χ0) is 15.9. The van der Waals surface area contributed by atoms with Crippen LogP contribution in [0.4, 0.5) is 5.69 Å². The van der Waals surface area contributed by atoms with Crippen LogP contribution in [0.2, 0.25) is 0 Å². The number of thiophene rings is 1. The van der Waals surface area contributed by atoms with Crippen molar-refractivity contribution in [1.29, 1.82) is 0 Å². The van der Waals surface area contributed by atoms with Gasteiger partial charge in [-0.2, -0.15) is 0 Å². The van der Waals surface area contributed by atoms with E-state index in [4.69, 9.17) is 4.74 Å². The lowest BCUT2D eigenvalue weighted by molar-refractivity contribution is -0.136. The molecular formula is C15H16N2O4S. The van der Waals surface area contributed by atoms with Gasteiger partial charge in [-0.05, 0) is 35.7 Å². The molecular weight excluding hydrogens is 304 g/mol. The van der Waals surface area contributed by atoms with Crippen molar-refractivity contribution < 1.29 is 19.4 Å². The van der Waals surface area contributed by atoms with Crippen LogP contribution < -0.4 is 15.4 Å². The molecule has 3 N–H and O–H groups in total. The van der Waals surface area contributed by atoms with Crippen LogP contribution in [0.25, 0.3) is 0 Å². The first-order valence-electron chi connectivity index (χ1n) is 6.55. The highest BCUT2D eigenvalue weighted by molar-refractivity contribution is 7.10. The predicted octanol–water partition coefficient (Wildman–Crippen LogP) is 1.54. The zero-order valence-corrected chi connectivity index (χ0v) is 12.7. The summed E-state index contributed by atoms with van der Waals surface area (Å²) >= 11 is 1.38. The van der Waals surface area contributed by atoms with E-state index < -0.39 is 17.9 Å². The SMILES string of the molecule is COc1ccc(NC(=O)C(=O)NCC(O)c2cccs2)cc1. The van der Waals surface area contributed by atoms with Crippen LogP contribution in [-0.4, -0.2) is 30.6 Å². The maximum Gasteiger partial charge on any atom is 0.313 e. The van der Waals surface area contributed by atoms with Crippen molar-refractivity contribution in [1.82, 2.24) is 5.32 Å². The van der Waals surface area contributed by atoms with E-state index >= 15 is 0 Å². The van der Waals surface area contributed by atoms with E-state index in [-0.39, 0.29) is 6.54 Å². The lowest BCUT2D eigenvalue weighted by Gasteiger charge is -2.10. The largest absolute Gasteiger partial charge is 0.497 e. The fourth-order valence-electron chi connectivity index (χ4n) is 1.71. The van der Waals surface area contributed by atoms with Gasteiger partial charge < -0.3 is 20.5 Å². The highest BCUT2D eigenvalue weighted by Gasteiger charge is 2.16. The third kappa shape index (κ3) is 4.31. The maximum absolute atomic E-state index is 11.7.